The van der Waals surface area contributed by atoms with E-state index in [4.69, 9.17) is 5.26 Å². The first-order valence-corrected chi connectivity index (χ1v) is 6.14. The summed E-state index contributed by atoms with van der Waals surface area (Å²) < 4.78 is 1.94. The molecule has 0 aliphatic rings. The normalized spacial score (nSPS) is 10.6. The van der Waals surface area contributed by atoms with E-state index in [1.807, 2.05) is 10.7 Å². The molecule has 2 aromatic rings. The van der Waals surface area contributed by atoms with Crippen molar-refractivity contribution in [1.82, 2.24) is 9.78 Å². The first-order valence-electron chi connectivity index (χ1n) is 6.14. The van der Waals surface area contributed by atoms with Crippen LogP contribution in [0.1, 0.15) is 36.7 Å². The fourth-order valence-corrected chi connectivity index (χ4v) is 1.92. The molecule has 0 fully saturated rings. The number of nitriles is 1. The van der Waals surface area contributed by atoms with E-state index < -0.39 is 0 Å². The Balaban J connectivity index is 2.48. The zero-order chi connectivity index (χ0) is 13.1. The fourth-order valence-electron chi connectivity index (χ4n) is 1.92. The maximum absolute atomic E-state index is 8.77. The number of aryl methyl sites for hydroxylation is 1. The van der Waals surface area contributed by atoms with Crippen LogP contribution in [-0.4, -0.2) is 9.78 Å². The van der Waals surface area contributed by atoms with Gasteiger partial charge in [-0.05, 0) is 31.0 Å². The van der Waals surface area contributed by atoms with E-state index in [1.54, 1.807) is 0 Å². The highest BCUT2D eigenvalue weighted by atomic mass is 15.3. The molecule has 0 radical (unpaired) electrons. The van der Waals surface area contributed by atoms with Gasteiger partial charge in [-0.3, -0.25) is 0 Å². The Morgan fingerprint density at radius 2 is 1.94 bits per heavy atom. The van der Waals surface area contributed by atoms with Crippen LogP contribution in [0, 0.1) is 18.3 Å². The van der Waals surface area contributed by atoms with Crippen LogP contribution in [0.15, 0.2) is 30.3 Å². The van der Waals surface area contributed by atoms with E-state index in [-0.39, 0.29) is 0 Å². The van der Waals surface area contributed by atoms with Gasteiger partial charge < -0.3 is 0 Å². The zero-order valence-corrected chi connectivity index (χ0v) is 11.0. The summed E-state index contributed by atoms with van der Waals surface area (Å²) in [6.07, 6.45) is 0.360. The molecule has 0 spiro atoms. The summed E-state index contributed by atoms with van der Waals surface area (Å²) in [7, 11) is 0. The molecule has 1 aromatic carbocycles. The SMILES string of the molecule is Cc1ccc(-n2nc(CC#N)cc2C(C)C)cc1. The lowest BCUT2D eigenvalue weighted by Gasteiger charge is -2.10. The second kappa shape index (κ2) is 5.05. The molecule has 18 heavy (non-hydrogen) atoms. The quantitative estimate of drug-likeness (QED) is 0.824. The lowest BCUT2D eigenvalue weighted by atomic mass is 10.1. The van der Waals surface area contributed by atoms with Crippen LogP contribution in [0.2, 0.25) is 0 Å². The largest absolute Gasteiger partial charge is 0.237 e. The minimum Gasteiger partial charge on any atom is -0.237 e. The molecule has 0 aliphatic heterocycles. The van der Waals surface area contributed by atoms with Crippen molar-refractivity contribution in [2.24, 2.45) is 0 Å². The summed E-state index contributed by atoms with van der Waals surface area (Å²) in [5, 5.41) is 13.3. The van der Waals surface area contributed by atoms with Gasteiger partial charge in [-0.1, -0.05) is 31.5 Å². The van der Waals surface area contributed by atoms with Gasteiger partial charge in [0.2, 0.25) is 0 Å². The van der Waals surface area contributed by atoms with Gasteiger partial charge in [0.15, 0.2) is 0 Å². The third-order valence-electron chi connectivity index (χ3n) is 2.92. The van der Waals surface area contributed by atoms with Gasteiger partial charge in [-0.25, -0.2) is 4.68 Å². The van der Waals surface area contributed by atoms with Crippen molar-refractivity contribution < 1.29 is 0 Å². The van der Waals surface area contributed by atoms with Crippen LogP contribution in [0.3, 0.4) is 0 Å². The third kappa shape index (κ3) is 2.43. The van der Waals surface area contributed by atoms with Gasteiger partial charge in [0, 0.05) is 5.69 Å². The van der Waals surface area contributed by atoms with Crippen LogP contribution in [0.5, 0.6) is 0 Å². The van der Waals surface area contributed by atoms with Crippen molar-refractivity contribution >= 4 is 0 Å². The van der Waals surface area contributed by atoms with Crippen LogP contribution in [0.4, 0.5) is 0 Å². The van der Waals surface area contributed by atoms with Gasteiger partial charge >= 0.3 is 0 Å². The predicted molar refractivity (Wildman–Crippen MR) is 71.7 cm³/mol. The topological polar surface area (TPSA) is 41.6 Å². The molecule has 0 saturated carbocycles. The molecule has 1 aromatic heterocycles. The van der Waals surface area contributed by atoms with Gasteiger partial charge in [0.05, 0.1) is 23.9 Å². The minimum absolute atomic E-state index is 0.360. The Hall–Kier alpha value is -2.08. The average molecular weight is 239 g/mol. The second-order valence-corrected chi connectivity index (χ2v) is 4.80. The number of nitrogens with zero attached hydrogens (tertiary/aromatic N) is 3. The predicted octanol–water partition coefficient (Wildman–Crippen LogP) is 3.37. The fraction of sp³-hybridized carbons (Fsp3) is 0.333. The smallest absolute Gasteiger partial charge is 0.0793 e. The maximum Gasteiger partial charge on any atom is 0.0793 e. The van der Waals surface area contributed by atoms with E-state index in [2.05, 4.69) is 56.2 Å². The molecule has 0 atom stereocenters. The van der Waals surface area contributed by atoms with Crippen molar-refractivity contribution in [3.8, 4) is 11.8 Å². The molecule has 0 saturated heterocycles. The molecule has 3 heteroatoms. The van der Waals surface area contributed by atoms with Gasteiger partial charge in [-0.15, -0.1) is 0 Å². The summed E-state index contributed by atoms with van der Waals surface area (Å²) >= 11 is 0. The minimum atomic E-state index is 0.360. The van der Waals surface area contributed by atoms with Crippen molar-refractivity contribution in [2.45, 2.75) is 33.1 Å². The van der Waals surface area contributed by atoms with Gasteiger partial charge in [0.25, 0.3) is 0 Å². The van der Waals surface area contributed by atoms with Crippen LogP contribution in [0.25, 0.3) is 5.69 Å². The highest BCUT2D eigenvalue weighted by molar-refractivity contribution is 5.36. The summed E-state index contributed by atoms with van der Waals surface area (Å²) in [4.78, 5) is 0. The zero-order valence-electron chi connectivity index (χ0n) is 11.0. The van der Waals surface area contributed by atoms with Crippen LogP contribution < -0.4 is 0 Å². The van der Waals surface area contributed by atoms with E-state index in [0.717, 1.165) is 17.1 Å². The van der Waals surface area contributed by atoms with Crippen molar-refractivity contribution in [3.63, 3.8) is 0 Å². The Kier molecular flexibility index (Phi) is 3.47. The molecule has 0 unspecified atom stereocenters. The molecule has 1 heterocycles. The lowest BCUT2D eigenvalue weighted by Crippen LogP contribution is -2.03. The molecule has 0 aliphatic carbocycles. The molecular weight excluding hydrogens is 222 g/mol. The lowest BCUT2D eigenvalue weighted by molar-refractivity contribution is 0.729. The second-order valence-electron chi connectivity index (χ2n) is 4.80. The Bertz CT molecular complexity index is 571. The van der Waals surface area contributed by atoms with Gasteiger partial charge in [0.1, 0.15) is 0 Å². The first-order chi connectivity index (χ1) is 8.61. The molecule has 0 N–H and O–H groups in total. The summed E-state index contributed by atoms with van der Waals surface area (Å²) in [5.41, 5.74) is 4.26. The first kappa shape index (κ1) is 12.4. The number of hydrogen-bond acceptors (Lipinski definition) is 2. The number of rotatable bonds is 3. The van der Waals surface area contributed by atoms with Crippen molar-refractivity contribution in [2.75, 3.05) is 0 Å². The molecule has 0 bridgehead atoms. The van der Waals surface area contributed by atoms with E-state index in [0.29, 0.717) is 12.3 Å². The molecule has 3 nitrogen and oxygen atoms in total. The summed E-state index contributed by atoms with van der Waals surface area (Å²) in [6.45, 7) is 6.34. The summed E-state index contributed by atoms with van der Waals surface area (Å²) in [5.74, 6) is 0.381. The van der Waals surface area contributed by atoms with Crippen molar-refractivity contribution in [1.29, 1.82) is 5.26 Å². The highest BCUT2D eigenvalue weighted by Gasteiger charge is 2.12. The molecule has 0 amide bonds. The Labute approximate surface area is 108 Å². The monoisotopic (exact) mass is 239 g/mol. The standard InChI is InChI=1S/C15H17N3/c1-11(2)15-10-13(8-9-16)17-18(15)14-6-4-12(3)5-7-14/h4-7,10-11H,8H2,1-3H3. The van der Waals surface area contributed by atoms with Gasteiger partial charge in [-0.2, -0.15) is 10.4 Å². The van der Waals surface area contributed by atoms with E-state index in [9.17, 15) is 0 Å². The average Bonchev–Trinajstić information content (AvgIpc) is 2.75. The Morgan fingerprint density at radius 3 is 2.50 bits per heavy atom. The number of hydrogen-bond donors (Lipinski definition) is 0. The van der Waals surface area contributed by atoms with Crippen LogP contribution in [-0.2, 0) is 6.42 Å². The summed E-state index contributed by atoms with van der Waals surface area (Å²) in [6, 6.07) is 12.4. The van der Waals surface area contributed by atoms with Crippen LogP contribution >= 0.6 is 0 Å². The number of aromatic nitrogens is 2. The molecular formula is C15H17N3. The molecule has 2 rings (SSSR count). The van der Waals surface area contributed by atoms with E-state index >= 15 is 0 Å². The maximum atomic E-state index is 8.77. The van der Waals surface area contributed by atoms with E-state index in [1.165, 1.54) is 5.56 Å². The third-order valence-corrected chi connectivity index (χ3v) is 2.92. The number of benzene rings is 1. The van der Waals surface area contributed by atoms with Crippen molar-refractivity contribution in [3.05, 3.63) is 47.3 Å². The highest BCUT2D eigenvalue weighted by Crippen LogP contribution is 2.20. The Morgan fingerprint density at radius 1 is 1.28 bits per heavy atom. The molecule has 92 valence electrons.